The summed E-state index contributed by atoms with van der Waals surface area (Å²) < 4.78 is 0. The van der Waals surface area contributed by atoms with E-state index in [0.717, 1.165) is 29.5 Å². The van der Waals surface area contributed by atoms with E-state index in [1.54, 1.807) is 0 Å². The van der Waals surface area contributed by atoms with Crippen molar-refractivity contribution in [2.24, 2.45) is 0 Å². The number of aryl methyl sites for hydroxylation is 2. The van der Waals surface area contributed by atoms with E-state index in [2.05, 4.69) is 32.1 Å². The fourth-order valence-electron chi connectivity index (χ4n) is 3.56. The Morgan fingerprint density at radius 1 is 1.31 bits per heavy atom. The molecule has 1 fully saturated rings. The highest BCUT2D eigenvalue weighted by Gasteiger charge is 2.37. The van der Waals surface area contributed by atoms with Gasteiger partial charge in [-0.25, -0.2) is 9.97 Å². The average molecular weight is 411 g/mol. The Kier molecular flexibility index (Phi) is 5.00. The topological polar surface area (TPSA) is 86.8 Å². The Balaban J connectivity index is 1.62. The lowest BCUT2D eigenvalue weighted by Gasteiger charge is -2.30. The number of fused-ring (bicyclic) bond motifs is 1. The van der Waals surface area contributed by atoms with Crippen molar-refractivity contribution in [2.45, 2.75) is 45.7 Å². The predicted molar refractivity (Wildman–Crippen MR) is 114 cm³/mol. The van der Waals surface area contributed by atoms with Crippen LogP contribution in [0.15, 0.2) is 36.8 Å². The van der Waals surface area contributed by atoms with Crippen molar-refractivity contribution in [3.63, 3.8) is 0 Å². The molecule has 1 aliphatic rings. The van der Waals surface area contributed by atoms with Crippen molar-refractivity contribution in [3.05, 3.63) is 58.6 Å². The van der Waals surface area contributed by atoms with E-state index < -0.39 is 0 Å². The van der Waals surface area contributed by atoms with Crippen molar-refractivity contribution < 1.29 is 4.79 Å². The Morgan fingerprint density at radius 2 is 2.00 bits per heavy atom. The van der Waals surface area contributed by atoms with Crippen LogP contribution in [-0.2, 0) is 0 Å². The summed E-state index contributed by atoms with van der Waals surface area (Å²) in [4.78, 5) is 23.7. The first kappa shape index (κ1) is 19.4. The highest BCUT2D eigenvalue weighted by Crippen LogP contribution is 2.34. The number of amides is 1. The first-order chi connectivity index (χ1) is 13.9. The number of nitrogens with zero attached hydrogens (tertiary/aromatic N) is 4. The number of halogens is 1. The zero-order valence-corrected chi connectivity index (χ0v) is 17.4. The fourth-order valence-corrected chi connectivity index (χ4v) is 3.78. The lowest BCUT2D eigenvalue weighted by molar-refractivity contribution is 0.0789. The molecule has 4 rings (SSSR count). The van der Waals surface area contributed by atoms with Gasteiger partial charge in [0.2, 0.25) is 0 Å². The fraction of sp³-hybridized carbons (Fsp3) is 0.333. The van der Waals surface area contributed by atoms with E-state index in [1.807, 2.05) is 43.9 Å². The molecule has 0 saturated heterocycles. The lowest BCUT2D eigenvalue weighted by atomic mass is 10.0. The van der Waals surface area contributed by atoms with Crippen LogP contribution < -0.4 is 5.32 Å². The van der Waals surface area contributed by atoms with Crippen molar-refractivity contribution in [1.82, 2.24) is 25.1 Å². The molecule has 0 unspecified atom stereocenters. The molecule has 2 aromatic heterocycles. The third-order valence-electron chi connectivity index (χ3n) is 5.30. The van der Waals surface area contributed by atoms with E-state index in [9.17, 15) is 4.79 Å². The van der Waals surface area contributed by atoms with Gasteiger partial charge in [-0.3, -0.25) is 9.89 Å². The smallest absolute Gasteiger partial charge is 0.258 e. The summed E-state index contributed by atoms with van der Waals surface area (Å²) in [7, 11) is 0. The first-order valence-corrected chi connectivity index (χ1v) is 9.96. The molecular weight excluding hydrogens is 388 g/mol. The maximum Gasteiger partial charge on any atom is 0.258 e. The average Bonchev–Trinajstić information content (AvgIpc) is 3.44. The molecular formula is C21H23ClN6O. The van der Waals surface area contributed by atoms with Gasteiger partial charge < -0.3 is 10.2 Å². The molecule has 1 atom stereocenters. The number of aromatic amines is 1. The van der Waals surface area contributed by atoms with Crippen LogP contribution in [0.4, 0.5) is 5.82 Å². The minimum atomic E-state index is -0.243. The van der Waals surface area contributed by atoms with Crippen LogP contribution in [0.25, 0.3) is 11.0 Å². The molecule has 29 heavy (non-hydrogen) atoms. The van der Waals surface area contributed by atoms with Gasteiger partial charge >= 0.3 is 0 Å². The summed E-state index contributed by atoms with van der Waals surface area (Å²) in [6.07, 6.45) is 3.39. The van der Waals surface area contributed by atoms with E-state index in [4.69, 9.17) is 11.6 Å². The van der Waals surface area contributed by atoms with Gasteiger partial charge in [-0.05, 0) is 44.7 Å². The lowest BCUT2D eigenvalue weighted by Crippen LogP contribution is -2.39. The molecule has 0 radical (unpaired) electrons. The maximum absolute atomic E-state index is 13.5. The largest absolute Gasteiger partial charge is 0.361 e. The zero-order valence-electron chi connectivity index (χ0n) is 16.7. The normalized spacial score (nSPS) is 14.6. The summed E-state index contributed by atoms with van der Waals surface area (Å²) in [6, 6.07) is 5.84. The molecule has 3 aromatic rings. The molecule has 2 heterocycles. The Bertz CT molecular complexity index is 1080. The van der Waals surface area contributed by atoms with Gasteiger partial charge in [-0.15, -0.1) is 0 Å². The van der Waals surface area contributed by atoms with Crippen LogP contribution in [0.2, 0.25) is 5.15 Å². The minimum absolute atomic E-state index is 0.00377. The van der Waals surface area contributed by atoms with Gasteiger partial charge in [0.15, 0.2) is 5.65 Å². The van der Waals surface area contributed by atoms with Crippen LogP contribution in [-0.4, -0.2) is 43.1 Å². The van der Waals surface area contributed by atoms with Crippen LogP contribution in [0.3, 0.4) is 0 Å². The third kappa shape index (κ3) is 3.58. The summed E-state index contributed by atoms with van der Waals surface area (Å²) in [6.45, 7) is 10.1. The monoisotopic (exact) mass is 410 g/mol. The summed E-state index contributed by atoms with van der Waals surface area (Å²) >= 11 is 6.20. The van der Waals surface area contributed by atoms with Gasteiger partial charge in [0, 0.05) is 17.3 Å². The highest BCUT2D eigenvalue weighted by atomic mass is 35.5. The summed E-state index contributed by atoms with van der Waals surface area (Å²) in [5, 5.41) is 11.1. The van der Waals surface area contributed by atoms with Crippen molar-refractivity contribution in [3.8, 4) is 0 Å². The van der Waals surface area contributed by atoms with Gasteiger partial charge in [0.1, 0.15) is 22.7 Å². The molecule has 8 heteroatoms. The molecule has 0 bridgehead atoms. The predicted octanol–water partition coefficient (Wildman–Crippen LogP) is 4.24. The Morgan fingerprint density at radius 3 is 2.66 bits per heavy atom. The van der Waals surface area contributed by atoms with E-state index in [0.29, 0.717) is 27.7 Å². The Hall–Kier alpha value is -2.93. The number of anilines is 1. The summed E-state index contributed by atoms with van der Waals surface area (Å²) in [5.74, 6) is 0.550. The number of carbonyl (C=O) groups excluding carboxylic acids is 1. The van der Waals surface area contributed by atoms with Gasteiger partial charge in [0.25, 0.3) is 5.91 Å². The van der Waals surface area contributed by atoms with Crippen molar-refractivity contribution in [1.29, 1.82) is 0 Å². The van der Waals surface area contributed by atoms with E-state index in [-0.39, 0.29) is 18.0 Å². The molecule has 150 valence electrons. The number of aromatic nitrogens is 4. The van der Waals surface area contributed by atoms with E-state index in [1.165, 1.54) is 6.33 Å². The van der Waals surface area contributed by atoms with Gasteiger partial charge in [-0.1, -0.05) is 36.4 Å². The van der Waals surface area contributed by atoms with Crippen LogP contribution in [0.5, 0.6) is 0 Å². The first-order valence-electron chi connectivity index (χ1n) is 9.58. The third-order valence-corrected chi connectivity index (χ3v) is 5.57. The number of carbonyl (C=O) groups is 1. The second-order valence-corrected chi connectivity index (χ2v) is 7.87. The van der Waals surface area contributed by atoms with Gasteiger partial charge in [0.05, 0.1) is 6.04 Å². The van der Waals surface area contributed by atoms with E-state index >= 15 is 0 Å². The molecule has 1 amide bonds. The molecule has 1 saturated carbocycles. The summed E-state index contributed by atoms with van der Waals surface area (Å²) in [5.41, 5.74) is 3.87. The number of H-pyrrole nitrogens is 1. The van der Waals surface area contributed by atoms with Crippen molar-refractivity contribution >= 4 is 34.4 Å². The number of nitrogens with one attached hydrogen (secondary N) is 2. The molecule has 0 spiro atoms. The SMILES string of the molecule is C=C([C@H](C)Nc1ncnc2n[nH]c(Cl)c12)N(C(=O)c1c(C)cccc1C)C1CC1. The number of hydrogen-bond donors (Lipinski definition) is 2. The maximum atomic E-state index is 13.5. The number of benzene rings is 1. The molecule has 7 nitrogen and oxygen atoms in total. The van der Waals surface area contributed by atoms with Crippen LogP contribution in [0.1, 0.15) is 41.3 Å². The van der Waals surface area contributed by atoms with Crippen LogP contribution >= 0.6 is 11.6 Å². The Labute approximate surface area is 174 Å². The van der Waals surface area contributed by atoms with Crippen molar-refractivity contribution in [2.75, 3.05) is 5.32 Å². The number of rotatable bonds is 6. The van der Waals surface area contributed by atoms with Crippen LogP contribution in [0, 0.1) is 13.8 Å². The second kappa shape index (κ2) is 7.48. The standard InChI is InChI=1S/C21H23ClN6O/c1-11-6-5-7-12(2)16(11)21(29)28(15-8-9-15)14(4)13(3)25-19-17-18(22)26-27-20(17)24-10-23-19/h5-7,10,13,15H,4,8-9H2,1-3H3,(H2,23,24,25,26,27)/t13-/m0/s1. The molecule has 1 aromatic carbocycles. The molecule has 2 N–H and O–H groups in total. The quantitative estimate of drug-likeness (QED) is 0.634. The van der Waals surface area contributed by atoms with Gasteiger partial charge in [-0.2, -0.15) is 5.10 Å². The molecule has 1 aliphatic carbocycles. The minimum Gasteiger partial charge on any atom is -0.361 e. The second-order valence-electron chi connectivity index (χ2n) is 7.49. The zero-order chi connectivity index (χ0) is 20.7. The highest BCUT2D eigenvalue weighted by molar-refractivity contribution is 6.35. The molecule has 0 aliphatic heterocycles. The number of hydrogen-bond acceptors (Lipinski definition) is 5.